The minimum Gasteiger partial charge on any atom is -0.391 e. The number of aliphatic hydroxyl groups excluding tert-OH is 1. The fourth-order valence-corrected chi connectivity index (χ4v) is 2.43. The van der Waals surface area contributed by atoms with E-state index in [1.165, 1.54) is 12.1 Å². The van der Waals surface area contributed by atoms with Crippen molar-refractivity contribution < 1.29 is 18.3 Å². The monoisotopic (exact) mass is 340 g/mol. The van der Waals surface area contributed by atoms with Crippen LogP contribution in [0.2, 0.25) is 10.0 Å². The average molecular weight is 341 g/mol. The number of aliphatic hydroxyl groups is 1. The third-order valence-electron chi connectivity index (χ3n) is 2.72. The summed E-state index contributed by atoms with van der Waals surface area (Å²) in [7, 11) is 0. The van der Waals surface area contributed by atoms with E-state index < -0.39 is 30.8 Å². The quantitative estimate of drug-likeness (QED) is 0.934. The summed E-state index contributed by atoms with van der Waals surface area (Å²) in [6.45, 7) is -0.522. The topological polar surface area (TPSA) is 55.1 Å². The highest BCUT2D eigenvalue weighted by molar-refractivity contribution is 6.38. The van der Waals surface area contributed by atoms with E-state index in [1.54, 1.807) is 0 Å². The van der Waals surface area contributed by atoms with E-state index >= 15 is 0 Å². The first-order chi connectivity index (χ1) is 9.67. The van der Waals surface area contributed by atoms with Crippen molar-refractivity contribution in [2.24, 2.45) is 0 Å². The number of aromatic nitrogens is 2. The molecule has 2 aromatic rings. The Morgan fingerprint density at radius 2 is 2.00 bits per heavy atom. The Morgan fingerprint density at radius 1 is 1.33 bits per heavy atom. The van der Waals surface area contributed by atoms with Gasteiger partial charge in [0.15, 0.2) is 0 Å². The Hall–Kier alpha value is -1.31. The second kappa shape index (κ2) is 5.82. The number of hydrogen-bond donors (Lipinski definition) is 1. The molecule has 0 bridgehead atoms. The van der Waals surface area contributed by atoms with Gasteiger partial charge in [0, 0.05) is 5.02 Å². The molecule has 1 aromatic heterocycles. The predicted molar refractivity (Wildman–Crippen MR) is 72.7 cm³/mol. The molecule has 0 aliphatic carbocycles. The molecule has 0 radical (unpaired) electrons. The highest BCUT2D eigenvalue weighted by Crippen LogP contribution is 2.24. The van der Waals surface area contributed by atoms with Crippen molar-refractivity contribution in [3.8, 4) is 0 Å². The largest absolute Gasteiger partial charge is 0.391 e. The number of nitrogens with zero attached hydrogens (tertiary/aromatic N) is 2. The number of halogens is 5. The first kappa shape index (κ1) is 16.1. The van der Waals surface area contributed by atoms with E-state index in [0.29, 0.717) is 0 Å². The number of rotatable bonds is 3. The molecule has 21 heavy (non-hydrogen) atoms. The summed E-state index contributed by atoms with van der Waals surface area (Å²) < 4.78 is 37.4. The van der Waals surface area contributed by atoms with Crippen LogP contribution in [0.25, 0.3) is 10.9 Å². The molecule has 0 amide bonds. The van der Waals surface area contributed by atoms with Gasteiger partial charge in [0.25, 0.3) is 5.56 Å². The van der Waals surface area contributed by atoms with Crippen molar-refractivity contribution in [2.45, 2.75) is 25.2 Å². The summed E-state index contributed by atoms with van der Waals surface area (Å²) >= 11 is 11.7. The first-order valence-corrected chi connectivity index (χ1v) is 6.52. The van der Waals surface area contributed by atoms with Crippen LogP contribution in [-0.2, 0) is 6.54 Å². The standard InChI is InChI=1S/C12H9Cl2F3N2O2/c13-6-1-8-10(9(14)2-6)18-5-19(11(8)21)4-7(20)3-12(15,16)17/h1-2,5,7,20H,3-4H2/t7-/m1/s1. The van der Waals surface area contributed by atoms with Gasteiger partial charge in [-0.15, -0.1) is 0 Å². The molecule has 9 heteroatoms. The summed E-state index contributed by atoms with van der Waals surface area (Å²) in [5, 5.41) is 9.84. The molecule has 0 spiro atoms. The van der Waals surface area contributed by atoms with E-state index in [1.807, 2.05) is 0 Å². The summed E-state index contributed by atoms with van der Waals surface area (Å²) in [5.74, 6) is 0. The van der Waals surface area contributed by atoms with Crippen molar-refractivity contribution >= 4 is 34.1 Å². The summed E-state index contributed by atoms with van der Waals surface area (Å²) in [6, 6.07) is 2.73. The minimum absolute atomic E-state index is 0.0780. The lowest BCUT2D eigenvalue weighted by Gasteiger charge is -2.14. The Morgan fingerprint density at radius 3 is 2.62 bits per heavy atom. The molecule has 1 atom stereocenters. The molecule has 0 unspecified atom stereocenters. The number of hydrogen-bond acceptors (Lipinski definition) is 3. The Labute approximate surface area is 126 Å². The van der Waals surface area contributed by atoms with Crippen molar-refractivity contribution in [3.05, 3.63) is 38.9 Å². The lowest BCUT2D eigenvalue weighted by molar-refractivity contribution is -0.154. The maximum absolute atomic E-state index is 12.2. The molecule has 4 nitrogen and oxygen atoms in total. The summed E-state index contributed by atoms with van der Waals surface area (Å²) in [4.78, 5) is 16.1. The minimum atomic E-state index is -4.51. The predicted octanol–water partition coefficient (Wildman–Crippen LogP) is 3.02. The van der Waals surface area contributed by atoms with Crippen LogP contribution in [0.5, 0.6) is 0 Å². The maximum Gasteiger partial charge on any atom is 0.391 e. The zero-order valence-corrected chi connectivity index (χ0v) is 11.9. The van der Waals surface area contributed by atoms with Gasteiger partial charge in [0.05, 0.1) is 41.3 Å². The van der Waals surface area contributed by atoms with E-state index in [4.69, 9.17) is 23.2 Å². The molecule has 1 N–H and O–H groups in total. The van der Waals surface area contributed by atoms with Gasteiger partial charge < -0.3 is 5.11 Å². The van der Waals surface area contributed by atoms with Gasteiger partial charge in [-0.25, -0.2) is 4.98 Å². The first-order valence-electron chi connectivity index (χ1n) is 5.76. The SMILES string of the molecule is O=c1c2cc(Cl)cc(Cl)c2ncn1C[C@H](O)CC(F)(F)F. The van der Waals surface area contributed by atoms with Crippen LogP contribution in [-0.4, -0.2) is 26.9 Å². The highest BCUT2D eigenvalue weighted by atomic mass is 35.5. The van der Waals surface area contributed by atoms with Crippen molar-refractivity contribution in [3.63, 3.8) is 0 Å². The van der Waals surface area contributed by atoms with Crippen LogP contribution in [0.3, 0.4) is 0 Å². The second-order valence-corrected chi connectivity index (χ2v) is 5.30. The van der Waals surface area contributed by atoms with E-state index in [9.17, 15) is 23.1 Å². The normalized spacial score (nSPS) is 13.6. The maximum atomic E-state index is 12.2. The fourth-order valence-electron chi connectivity index (χ4n) is 1.88. The van der Waals surface area contributed by atoms with E-state index in [2.05, 4.69) is 4.98 Å². The van der Waals surface area contributed by atoms with Crippen LogP contribution in [0, 0.1) is 0 Å². The van der Waals surface area contributed by atoms with Crippen LogP contribution < -0.4 is 5.56 Å². The van der Waals surface area contributed by atoms with Gasteiger partial charge in [-0.2, -0.15) is 13.2 Å². The van der Waals surface area contributed by atoms with Crippen LogP contribution in [0.4, 0.5) is 13.2 Å². The van der Waals surface area contributed by atoms with Crippen LogP contribution >= 0.6 is 23.2 Å². The molecule has 1 aromatic carbocycles. The fraction of sp³-hybridized carbons (Fsp3) is 0.333. The Kier molecular flexibility index (Phi) is 4.46. The highest BCUT2D eigenvalue weighted by Gasteiger charge is 2.31. The number of benzene rings is 1. The van der Waals surface area contributed by atoms with E-state index in [0.717, 1.165) is 10.9 Å². The third kappa shape index (κ3) is 3.87. The third-order valence-corrected chi connectivity index (χ3v) is 3.23. The molecule has 114 valence electrons. The average Bonchev–Trinajstić information content (AvgIpc) is 2.31. The second-order valence-electron chi connectivity index (χ2n) is 4.46. The van der Waals surface area contributed by atoms with E-state index in [-0.39, 0.29) is 20.9 Å². The molecular weight excluding hydrogens is 332 g/mol. The Bertz CT molecular complexity index is 731. The lowest BCUT2D eigenvalue weighted by Crippen LogP contribution is -2.30. The molecule has 2 rings (SSSR count). The summed E-state index contributed by atoms with van der Waals surface area (Å²) in [5.41, 5.74) is -0.418. The van der Waals surface area contributed by atoms with Crippen molar-refractivity contribution in [1.29, 1.82) is 0 Å². The zero-order valence-electron chi connectivity index (χ0n) is 10.4. The summed E-state index contributed by atoms with van der Waals surface area (Å²) in [6.07, 6.45) is -6.62. The smallest absolute Gasteiger partial charge is 0.391 e. The Balaban J connectivity index is 2.39. The molecule has 0 aliphatic heterocycles. The molecule has 0 saturated carbocycles. The van der Waals surface area contributed by atoms with Crippen LogP contribution in [0.15, 0.2) is 23.3 Å². The number of alkyl halides is 3. The van der Waals surface area contributed by atoms with Gasteiger partial charge in [0.2, 0.25) is 0 Å². The van der Waals surface area contributed by atoms with Crippen molar-refractivity contribution in [2.75, 3.05) is 0 Å². The van der Waals surface area contributed by atoms with Gasteiger partial charge in [-0.1, -0.05) is 23.2 Å². The van der Waals surface area contributed by atoms with Gasteiger partial charge in [-0.3, -0.25) is 9.36 Å². The molecule has 0 aliphatic rings. The molecule has 0 fully saturated rings. The van der Waals surface area contributed by atoms with Crippen molar-refractivity contribution in [1.82, 2.24) is 9.55 Å². The molecular formula is C12H9Cl2F3N2O2. The number of fused-ring (bicyclic) bond motifs is 1. The lowest BCUT2D eigenvalue weighted by atomic mass is 10.2. The van der Waals surface area contributed by atoms with Gasteiger partial charge in [-0.05, 0) is 12.1 Å². The zero-order chi connectivity index (χ0) is 15.8. The molecule has 0 saturated heterocycles. The van der Waals surface area contributed by atoms with Crippen LogP contribution in [0.1, 0.15) is 6.42 Å². The van der Waals surface area contributed by atoms with Gasteiger partial charge >= 0.3 is 6.18 Å². The van der Waals surface area contributed by atoms with Gasteiger partial charge in [0.1, 0.15) is 0 Å². The molecule has 1 heterocycles.